The van der Waals surface area contributed by atoms with Gasteiger partial charge in [0.15, 0.2) is 6.10 Å². The smallest absolute Gasteiger partial charge is 0.265 e. The number of furan rings is 1. The molecule has 1 atom stereocenters. The van der Waals surface area contributed by atoms with Crippen LogP contribution in [0.3, 0.4) is 0 Å². The summed E-state index contributed by atoms with van der Waals surface area (Å²) < 4.78 is 37.5. The molecule has 0 saturated heterocycles. The number of carbonyl (C=O) groups excluding carboxylic acids is 1. The molecule has 1 amide bonds. The first-order valence-electron chi connectivity index (χ1n) is 6.59. The Balaban J connectivity index is 1.82. The van der Waals surface area contributed by atoms with Crippen LogP contribution in [0.15, 0.2) is 45.9 Å². The maximum atomic E-state index is 12.3. The van der Waals surface area contributed by atoms with E-state index in [2.05, 4.69) is 10.0 Å². The normalized spacial score (nSPS) is 17.5. The van der Waals surface area contributed by atoms with Crippen molar-refractivity contribution in [2.24, 2.45) is 0 Å². The second-order valence-corrected chi connectivity index (χ2v) is 6.58. The van der Waals surface area contributed by atoms with Gasteiger partial charge in [0.05, 0.1) is 23.4 Å². The van der Waals surface area contributed by atoms with Crippen LogP contribution in [0.5, 0.6) is 5.75 Å². The van der Waals surface area contributed by atoms with Crippen LogP contribution in [0.25, 0.3) is 0 Å². The number of benzene rings is 1. The van der Waals surface area contributed by atoms with E-state index in [1.807, 2.05) is 0 Å². The Bertz CT molecular complexity index is 799. The van der Waals surface area contributed by atoms with Crippen molar-refractivity contribution in [2.75, 3.05) is 5.32 Å². The third-order valence-corrected chi connectivity index (χ3v) is 4.61. The number of ether oxygens (including phenoxy) is 1. The summed E-state index contributed by atoms with van der Waals surface area (Å²) >= 11 is 0. The molecule has 2 aromatic rings. The highest BCUT2D eigenvalue weighted by Crippen LogP contribution is 2.31. The zero-order chi connectivity index (χ0) is 15.7. The number of sulfonamides is 1. The van der Waals surface area contributed by atoms with E-state index in [0.29, 0.717) is 17.2 Å². The monoisotopic (exact) mass is 322 g/mol. The zero-order valence-corrected chi connectivity index (χ0v) is 12.5. The van der Waals surface area contributed by atoms with Crippen LogP contribution in [-0.2, 0) is 21.4 Å². The Kier molecular flexibility index (Phi) is 3.63. The quantitative estimate of drug-likeness (QED) is 0.888. The van der Waals surface area contributed by atoms with Gasteiger partial charge in [0, 0.05) is 6.07 Å². The summed E-state index contributed by atoms with van der Waals surface area (Å²) in [6.07, 6.45) is 0.807. The van der Waals surface area contributed by atoms with Gasteiger partial charge in [0.25, 0.3) is 5.91 Å². The first-order chi connectivity index (χ1) is 10.5. The van der Waals surface area contributed by atoms with Crippen LogP contribution < -0.4 is 14.8 Å². The number of carbonyl (C=O) groups is 1. The minimum absolute atomic E-state index is 0.0560. The molecule has 1 aliphatic heterocycles. The molecule has 0 saturated carbocycles. The van der Waals surface area contributed by atoms with Gasteiger partial charge < -0.3 is 14.5 Å². The van der Waals surface area contributed by atoms with Gasteiger partial charge in [-0.1, -0.05) is 0 Å². The lowest BCUT2D eigenvalue weighted by atomic mass is 10.2. The van der Waals surface area contributed by atoms with E-state index >= 15 is 0 Å². The zero-order valence-electron chi connectivity index (χ0n) is 11.7. The molecule has 116 valence electrons. The van der Waals surface area contributed by atoms with Crippen molar-refractivity contribution < 1.29 is 22.4 Å². The van der Waals surface area contributed by atoms with Gasteiger partial charge in [-0.3, -0.25) is 4.79 Å². The highest BCUT2D eigenvalue weighted by Gasteiger charge is 2.25. The minimum atomic E-state index is -3.70. The Morgan fingerprint density at radius 2 is 2.14 bits per heavy atom. The third kappa shape index (κ3) is 2.83. The van der Waals surface area contributed by atoms with E-state index in [4.69, 9.17) is 9.15 Å². The van der Waals surface area contributed by atoms with E-state index < -0.39 is 16.1 Å². The molecule has 0 radical (unpaired) electrons. The number of nitrogens with one attached hydrogen (secondary N) is 2. The summed E-state index contributed by atoms with van der Waals surface area (Å²) in [5.74, 6) is 0.575. The van der Waals surface area contributed by atoms with Crippen LogP contribution in [0.1, 0.15) is 12.7 Å². The summed E-state index contributed by atoms with van der Waals surface area (Å²) in [6, 6.07) is 7.65. The number of rotatable bonds is 4. The van der Waals surface area contributed by atoms with Gasteiger partial charge in [-0.05, 0) is 31.2 Å². The predicted molar refractivity (Wildman–Crippen MR) is 77.9 cm³/mol. The molecule has 0 aliphatic carbocycles. The van der Waals surface area contributed by atoms with E-state index in [9.17, 15) is 13.2 Å². The third-order valence-electron chi connectivity index (χ3n) is 3.21. The van der Waals surface area contributed by atoms with E-state index in [0.717, 1.165) is 0 Å². The molecule has 1 aromatic carbocycles. The van der Waals surface area contributed by atoms with Crippen LogP contribution >= 0.6 is 0 Å². The number of amides is 1. The SMILES string of the molecule is CC1Oc2cc(S(=O)(=O)NCc3ccco3)ccc2NC1=O. The lowest BCUT2D eigenvalue weighted by molar-refractivity contribution is -0.122. The topological polar surface area (TPSA) is 97.6 Å². The van der Waals surface area contributed by atoms with Crippen LogP contribution in [-0.4, -0.2) is 20.4 Å². The summed E-state index contributed by atoms with van der Waals surface area (Å²) in [5.41, 5.74) is 0.452. The standard InChI is InChI=1S/C14H14N2O5S/c1-9-14(17)16-12-5-4-11(7-13(12)21-9)22(18,19)15-8-10-3-2-6-20-10/h2-7,9,15H,8H2,1H3,(H,16,17). The molecule has 0 fully saturated rings. The second kappa shape index (κ2) is 5.47. The summed E-state index contributed by atoms with van der Waals surface area (Å²) in [7, 11) is -3.70. The summed E-state index contributed by atoms with van der Waals surface area (Å²) in [6.45, 7) is 1.65. The van der Waals surface area contributed by atoms with Gasteiger partial charge in [-0.2, -0.15) is 0 Å². The van der Waals surface area contributed by atoms with Gasteiger partial charge in [-0.15, -0.1) is 0 Å². The molecule has 8 heteroatoms. The Morgan fingerprint density at radius 1 is 1.32 bits per heavy atom. The molecule has 0 spiro atoms. The molecular weight excluding hydrogens is 308 g/mol. The largest absolute Gasteiger partial charge is 0.479 e. The first-order valence-corrected chi connectivity index (χ1v) is 8.08. The van der Waals surface area contributed by atoms with Crippen LogP contribution in [0.4, 0.5) is 5.69 Å². The van der Waals surface area contributed by atoms with Gasteiger partial charge in [-0.25, -0.2) is 13.1 Å². The van der Waals surface area contributed by atoms with E-state index in [1.54, 1.807) is 19.1 Å². The average molecular weight is 322 g/mol. The van der Waals surface area contributed by atoms with E-state index in [1.165, 1.54) is 24.5 Å². The fraction of sp³-hybridized carbons (Fsp3) is 0.214. The molecule has 1 unspecified atom stereocenters. The summed E-state index contributed by atoms with van der Waals surface area (Å²) in [5, 5.41) is 2.65. The van der Waals surface area contributed by atoms with Crippen molar-refractivity contribution in [2.45, 2.75) is 24.5 Å². The molecule has 2 heterocycles. The minimum Gasteiger partial charge on any atom is -0.479 e. The van der Waals surface area contributed by atoms with Crippen LogP contribution in [0, 0.1) is 0 Å². The van der Waals surface area contributed by atoms with Crippen molar-refractivity contribution in [3.05, 3.63) is 42.4 Å². The number of hydrogen-bond acceptors (Lipinski definition) is 5. The maximum absolute atomic E-state index is 12.3. The van der Waals surface area contributed by atoms with Crippen molar-refractivity contribution in [3.8, 4) is 5.75 Å². The van der Waals surface area contributed by atoms with Crippen molar-refractivity contribution in [3.63, 3.8) is 0 Å². The van der Waals surface area contributed by atoms with Crippen LogP contribution in [0.2, 0.25) is 0 Å². The number of anilines is 1. The number of fused-ring (bicyclic) bond motifs is 1. The Hall–Kier alpha value is -2.32. The van der Waals surface area contributed by atoms with Gasteiger partial charge in [0.2, 0.25) is 10.0 Å². The molecule has 1 aromatic heterocycles. The Labute approximate surface area is 127 Å². The maximum Gasteiger partial charge on any atom is 0.265 e. The average Bonchev–Trinajstić information content (AvgIpc) is 2.99. The lowest BCUT2D eigenvalue weighted by Crippen LogP contribution is -2.34. The lowest BCUT2D eigenvalue weighted by Gasteiger charge is -2.23. The van der Waals surface area contributed by atoms with Gasteiger partial charge >= 0.3 is 0 Å². The molecule has 2 N–H and O–H groups in total. The number of hydrogen-bond donors (Lipinski definition) is 2. The fourth-order valence-corrected chi connectivity index (χ4v) is 3.02. The molecule has 1 aliphatic rings. The molecule has 22 heavy (non-hydrogen) atoms. The first kappa shape index (κ1) is 14.6. The highest BCUT2D eigenvalue weighted by molar-refractivity contribution is 7.89. The molecule has 0 bridgehead atoms. The molecular formula is C14H14N2O5S. The van der Waals surface area contributed by atoms with Crippen molar-refractivity contribution in [1.82, 2.24) is 4.72 Å². The Morgan fingerprint density at radius 3 is 2.86 bits per heavy atom. The predicted octanol–water partition coefficient (Wildman–Crippen LogP) is 1.48. The van der Waals surface area contributed by atoms with Crippen molar-refractivity contribution >= 4 is 21.6 Å². The second-order valence-electron chi connectivity index (χ2n) is 4.81. The van der Waals surface area contributed by atoms with Crippen molar-refractivity contribution in [1.29, 1.82) is 0 Å². The molecule has 7 nitrogen and oxygen atoms in total. The highest BCUT2D eigenvalue weighted by atomic mass is 32.2. The molecule has 3 rings (SSSR count). The van der Waals surface area contributed by atoms with Gasteiger partial charge in [0.1, 0.15) is 11.5 Å². The summed E-state index contributed by atoms with van der Waals surface area (Å²) in [4.78, 5) is 11.6. The fourth-order valence-electron chi connectivity index (χ4n) is 2.01. The van der Waals surface area contributed by atoms with E-state index in [-0.39, 0.29) is 17.3 Å².